The lowest BCUT2D eigenvalue weighted by Crippen LogP contribution is -2.25. The second kappa shape index (κ2) is 5.94. The number of nitrogens with one attached hydrogen (secondary N) is 2. The van der Waals surface area contributed by atoms with Gasteiger partial charge in [0, 0.05) is 17.2 Å². The number of amides is 1. The Bertz CT molecular complexity index is 544. The highest BCUT2D eigenvalue weighted by atomic mass is 79.9. The molecule has 18 heavy (non-hydrogen) atoms. The van der Waals surface area contributed by atoms with E-state index in [1.165, 1.54) is 0 Å². The summed E-state index contributed by atoms with van der Waals surface area (Å²) < 4.78 is 0.724. The van der Waals surface area contributed by atoms with E-state index in [1.807, 2.05) is 16.8 Å². The van der Waals surface area contributed by atoms with Gasteiger partial charge in [-0.05, 0) is 44.4 Å². The van der Waals surface area contributed by atoms with Gasteiger partial charge in [0.05, 0.1) is 5.56 Å². The highest BCUT2D eigenvalue weighted by Crippen LogP contribution is 2.17. The molecule has 1 amide bonds. The third-order valence-corrected chi connectivity index (χ3v) is 3.43. The molecule has 5 nitrogen and oxygen atoms in total. The van der Waals surface area contributed by atoms with Crippen molar-refractivity contribution in [3.05, 3.63) is 44.7 Å². The van der Waals surface area contributed by atoms with E-state index in [0.29, 0.717) is 17.9 Å². The number of aromatic nitrogens is 1. The van der Waals surface area contributed by atoms with E-state index in [0.717, 1.165) is 10.0 Å². The van der Waals surface area contributed by atoms with Crippen LogP contribution in [0, 0.1) is 0 Å². The maximum Gasteiger partial charge on any atom is 0.255 e. The SMILES string of the molecule is NNc1ncc(Br)cc1C(=O)NCc1ccsc1. The highest BCUT2D eigenvalue weighted by Gasteiger charge is 2.12. The fraction of sp³-hybridized carbons (Fsp3) is 0.0909. The minimum atomic E-state index is -0.219. The topological polar surface area (TPSA) is 80.0 Å². The van der Waals surface area contributed by atoms with Crippen molar-refractivity contribution in [3.8, 4) is 0 Å². The molecular weight excluding hydrogens is 316 g/mol. The number of carbonyl (C=O) groups excluding carboxylic acids is 1. The van der Waals surface area contributed by atoms with Crippen LogP contribution in [0.15, 0.2) is 33.6 Å². The number of hydrogen-bond donors (Lipinski definition) is 3. The number of nitrogens with two attached hydrogens (primary N) is 1. The monoisotopic (exact) mass is 326 g/mol. The molecule has 0 atom stereocenters. The Morgan fingerprint density at radius 1 is 1.56 bits per heavy atom. The summed E-state index contributed by atoms with van der Waals surface area (Å²) >= 11 is 4.87. The van der Waals surface area contributed by atoms with Crippen LogP contribution in [-0.2, 0) is 6.54 Å². The first-order valence-corrected chi connectivity index (χ1v) is 6.85. The normalized spacial score (nSPS) is 10.1. The largest absolute Gasteiger partial charge is 0.348 e. The lowest BCUT2D eigenvalue weighted by Gasteiger charge is -2.08. The number of hydrazine groups is 1. The summed E-state index contributed by atoms with van der Waals surface area (Å²) in [4.78, 5) is 16.0. The van der Waals surface area contributed by atoms with Gasteiger partial charge in [0.2, 0.25) is 0 Å². The molecule has 2 aromatic rings. The number of hydrogen-bond acceptors (Lipinski definition) is 5. The lowest BCUT2D eigenvalue weighted by molar-refractivity contribution is 0.0951. The molecule has 2 rings (SSSR count). The summed E-state index contributed by atoms with van der Waals surface area (Å²) in [6.45, 7) is 0.485. The fourth-order valence-electron chi connectivity index (χ4n) is 1.40. The van der Waals surface area contributed by atoms with Crippen LogP contribution in [0.4, 0.5) is 5.82 Å². The molecule has 0 aliphatic carbocycles. The summed E-state index contributed by atoms with van der Waals surface area (Å²) in [7, 11) is 0. The predicted molar refractivity (Wildman–Crippen MR) is 75.2 cm³/mol. The number of rotatable bonds is 4. The Morgan fingerprint density at radius 3 is 3.06 bits per heavy atom. The zero-order valence-electron chi connectivity index (χ0n) is 9.31. The van der Waals surface area contributed by atoms with Crippen molar-refractivity contribution < 1.29 is 4.79 Å². The standard InChI is InChI=1S/C11H11BrN4OS/c12-8-3-9(10(16-13)14-5-8)11(17)15-4-7-1-2-18-6-7/h1-3,5-6H,4,13H2,(H,14,16)(H,15,17). The first kappa shape index (κ1) is 13.0. The van der Waals surface area contributed by atoms with Gasteiger partial charge in [-0.1, -0.05) is 0 Å². The minimum absolute atomic E-state index is 0.219. The van der Waals surface area contributed by atoms with Gasteiger partial charge >= 0.3 is 0 Å². The number of nitrogen functional groups attached to an aromatic ring is 1. The van der Waals surface area contributed by atoms with Gasteiger partial charge in [-0.2, -0.15) is 11.3 Å². The first-order chi connectivity index (χ1) is 8.70. The van der Waals surface area contributed by atoms with Crippen molar-refractivity contribution in [2.45, 2.75) is 6.54 Å². The van der Waals surface area contributed by atoms with Crippen molar-refractivity contribution in [2.24, 2.45) is 5.84 Å². The second-order valence-electron chi connectivity index (χ2n) is 3.51. The zero-order valence-corrected chi connectivity index (χ0v) is 11.7. The Hall–Kier alpha value is -1.44. The maximum atomic E-state index is 12.0. The molecule has 2 heterocycles. The van der Waals surface area contributed by atoms with E-state index in [4.69, 9.17) is 5.84 Å². The van der Waals surface area contributed by atoms with Crippen LogP contribution in [0.2, 0.25) is 0 Å². The van der Waals surface area contributed by atoms with Crippen LogP contribution in [0.3, 0.4) is 0 Å². The van der Waals surface area contributed by atoms with Gasteiger partial charge in [0.15, 0.2) is 5.82 Å². The van der Waals surface area contributed by atoms with E-state index in [2.05, 4.69) is 31.7 Å². The molecule has 4 N–H and O–H groups in total. The van der Waals surface area contributed by atoms with Crippen molar-refractivity contribution >= 4 is 39.0 Å². The highest BCUT2D eigenvalue weighted by molar-refractivity contribution is 9.10. The number of anilines is 1. The van der Waals surface area contributed by atoms with Crippen LogP contribution in [-0.4, -0.2) is 10.9 Å². The summed E-state index contributed by atoms with van der Waals surface area (Å²) in [5, 5.41) is 6.77. The van der Waals surface area contributed by atoms with Gasteiger partial charge in [-0.3, -0.25) is 4.79 Å². The molecule has 94 valence electrons. The molecule has 0 spiro atoms. The zero-order chi connectivity index (χ0) is 13.0. The van der Waals surface area contributed by atoms with Gasteiger partial charge in [-0.25, -0.2) is 10.8 Å². The molecule has 0 unspecified atom stereocenters. The van der Waals surface area contributed by atoms with Crippen LogP contribution < -0.4 is 16.6 Å². The molecular formula is C11H11BrN4OS. The third kappa shape index (κ3) is 3.06. The maximum absolute atomic E-state index is 12.0. The molecule has 0 aliphatic rings. The Morgan fingerprint density at radius 2 is 2.39 bits per heavy atom. The quantitative estimate of drug-likeness (QED) is 0.594. The molecule has 0 aliphatic heterocycles. The second-order valence-corrected chi connectivity index (χ2v) is 5.20. The van der Waals surface area contributed by atoms with Crippen molar-refractivity contribution in [1.29, 1.82) is 0 Å². The Balaban J connectivity index is 2.10. The van der Waals surface area contributed by atoms with Crippen LogP contribution >= 0.6 is 27.3 Å². The van der Waals surface area contributed by atoms with Gasteiger partial charge in [0.25, 0.3) is 5.91 Å². The average molecular weight is 327 g/mol. The number of halogens is 1. The number of pyridine rings is 1. The smallest absolute Gasteiger partial charge is 0.255 e. The summed E-state index contributed by atoms with van der Waals surface area (Å²) in [6.07, 6.45) is 1.57. The van der Waals surface area contributed by atoms with Gasteiger partial charge < -0.3 is 10.7 Å². The van der Waals surface area contributed by atoms with Gasteiger partial charge in [-0.15, -0.1) is 0 Å². The molecule has 0 saturated heterocycles. The molecule has 7 heteroatoms. The van der Waals surface area contributed by atoms with Gasteiger partial charge in [0.1, 0.15) is 0 Å². The van der Waals surface area contributed by atoms with E-state index in [9.17, 15) is 4.79 Å². The predicted octanol–water partition coefficient (Wildman–Crippen LogP) is 2.12. The van der Waals surface area contributed by atoms with Crippen molar-refractivity contribution in [1.82, 2.24) is 10.3 Å². The van der Waals surface area contributed by atoms with Crippen LogP contribution in [0.1, 0.15) is 15.9 Å². The Kier molecular flexibility index (Phi) is 4.29. The van der Waals surface area contributed by atoms with Crippen molar-refractivity contribution in [2.75, 3.05) is 5.43 Å². The molecule has 0 saturated carbocycles. The van der Waals surface area contributed by atoms with Crippen molar-refractivity contribution in [3.63, 3.8) is 0 Å². The molecule has 2 aromatic heterocycles. The number of carbonyl (C=O) groups is 1. The summed E-state index contributed by atoms with van der Waals surface area (Å²) in [5.41, 5.74) is 3.88. The summed E-state index contributed by atoms with van der Waals surface area (Å²) in [5.74, 6) is 5.45. The summed E-state index contributed by atoms with van der Waals surface area (Å²) in [6, 6.07) is 3.64. The van der Waals surface area contributed by atoms with E-state index in [-0.39, 0.29) is 5.91 Å². The minimum Gasteiger partial charge on any atom is -0.348 e. The molecule has 0 aromatic carbocycles. The average Bonchev–Trinajstić information content (AvgIpc) is 2.89. The van der Waals surface area contributed by atoms with Crippen LogP contribution in [0.25, 0.3) is 0 Å². The molecule has 0 radical (unpaired) electrons. The van der Waals surface area contributed by atoms with E-state index in [1.54, 1.807) is 23.6 Å². The lowest BCUT2D eigenvalue weighted by atomic mass is 10.2. The Labute approximate surface area is 117 Å². The van der Waals surface area contributed by atoms with E-state index >= 15 is 0 Å². The fourth-order valence-corrected chi connectivity index (χ4v) is 2.40. The molecule has 0 fully saturated rings. The number of thiophene rings is 1. The number of nitrogens with zero attached hydrogens (tertiary/aromatic N) is 1. The molecule has 0 bridgehead atoms. The van der Waals surface area contributed by atoms with Crippen LogP contribution in [0.5, 0.6) is 0 Å². The van der Waals surface area contributed by atoms with E-state index < -0.39 is 0 Å². The first-order valence-electron chi connectivity index (χ1n) is 5.12. The third-order valence-electron chi connectivity index (χ3n) is 2.27.